The Balaban J connectivity index is 1.43. The molecule has 4 aromatic carbocycles. The number of thioether (sulfide) groups is 1. The second kappa shape index (κ2) is 13.6. The highest BCUT2D eigenvalue weighted by Gasteiger charge is 2.15. The van der Waals surface area contributed by atoms with Gasteiger partial charge >= 0.3 is 0 Å². The van der Waals surface area contributed by atoms with Gasteiger partial charge < -0.3 is 15.4 Å². The van der Waals surface area contributed by atoms with Crippen LogP contribution < -0.4 is 15.4 Å². The monoisotopic (exact) mass is 600 g/mol. The SMILES string of the molecule is COc1cccc(C(=O)CSc2ccc(NC(=O)/C(=C/c3cccc(Br)c3)NC(=O)c3ccccc3)cc2)c1. The number of ether oxygens (including phenoxy) is 1. The zero-order chi connectivity index (χ0) is 27.6. The number of carbonyl (C=O) groups is 3. The van der Waals surface area contributed by atoms with E-state index in [4.69, 9.17) is 4.74 Å². The maximum Gasteiger partial charge on any atom is 0.272 e. The third kappa shape index (κ3) is 8.17. The largest absolute Gasteiger partial charge is 0.497 e. The van der Waals surface area contributed by atoms with Gasteiger partial charge in [0.2, 0.25) is 0 Å². The number of nitrogens with one attached hydrogen (secondary N) is 2. The van der Waals surface area contributed by atoms with Crippen LogP contribution in [0.25, 0.3) is 6.08 Å². The fourth-order valence-corrected chi connectivity index (χ4v) is 4.78. The maximum absolute atomic E-state index is 13.2. The molecule has 0 fully saturated rings. The van der Waals surface area contributed by atoms with E-state index >= 15 is 0 Å². The summed E-state index contributed by atoms with van der Waals surface area (Å²) in [5.74, 6) is 0.0449. The van der Waals surface area contributed by atoms with Crippen molar-refractivity contribution in [3.8, 4) is 5.75 Å². The molecule has 6 nitrogen and oxygen atoms in total. The molecule has 4 rings (SSSR count). The zero-order valence-corrected chi connectivity index (χ0v) is 23.4. The van der Waals surface area contributed by atoms with Crippen LogP contribution >= 0.6 is 27.7 Å². The Kier molecular flexibility index (Phi) is 9.72. The molecule has 0 radical (unpaired) electrons. The van der Waals surface area contributed by atoms with Crippen molar-refractivity contribution in [3.63, 3.8) is 0 Å². The maximum atomic E-state index is 13.2. The Bertz CT molecular complexity index is 1500. The van der Waals surface area contributed by atoms with Gasteiger partial charge in [0.05, 0.1) is 12.9 Å². The van der Waals surface area contributed by atoms with Crippen LogP contribution in [0.4, 0.5) is 5.69 Å². The lowest BCUT2D eigenvalue weighted by Crippen LogP contribution is -2.30. The minimum absolute atomic E-state index is 0.00670. The molecular weight excluding hydrogens is 576 g/mol. The molecule has 0 spiro atoms. The van der Waals surface area contributed by atoms with Crippen LogP contribution in [0.3, 0.4) is 0 Å². The Morgan fingerprint density at radius 2 is 1.56 bits per heavy atom. The van der Waals surface area contributed by atoms with Crippen molar-refractivity contribution in [1.29, 1.82) is 0 Å². The van der Waals surface area contributed by atoms with E-state index in [0.29, 0.717) is 22.6 Å². The number of methoxy groups -OCH3 is 1. The Labute approximate surface area is 239 Å². The average molecular weight is 602 g/mol. The van der Waals surface area contributed by atoms with Gasteiger partial charge in [0, 0.05) is 26.2 Å². The third-order valence-corrected chi connectivity index (χ3v) is 7.07. The predicted molar refractivity (Wildman–Crippen MR) is 159 cm³/mol. The van der Waals surface area contributed by atoms with Crippen LogP contribution in [-0.2, 0) is 4.79 Å². The summed E-state index contributed by atoms with van der Waals surface area (Å²) < 4.78 is 6.04. The Morgan fingerprint density at radius 1 is 0.846 bits per heavy atom. The molecule has 0 aromatic heterocycles. The molecule has 4 aromatic rings. The zero-order valence-electron chi connectivity index (χ0n) is 21.0. The summed E-state index contributed by atoms with van der Waals surface area (Å²) in [6.45, 7) is 0. The molecule has 0 aliphatic rings. The molecule has 2 amide bonds. The van der Waals surface area contributed by atoms with E-state index in [1.807, 2.05) is 42.5 Å². The Morgan fingerprint density at radius 3 is 2.28 bits per heavy atom. The van der Waals surface area contributed by atoms with Gasteiger partial charge in [0.25, 0.3) is 11.8 Å². The number of ketones is 1. The van der Waals surface area contributed by atoms with Crippen molar-refractivity contribution in [2.75, 3.05) is 18.2 Å². The van der Waals surface area contributed by atoms with Crippen molar-refractivity contribution in [2.24, 2.45) is 0 Å². The van der Waals surface area contributed by atoms with Crippen LogP contribution in [0.5, 0.6) is 5.75 Å². The normalized spacial score (nSPS) is 11.0. The first kappa shape index (κ1) is 27.9. The minimum Gasteiger partial charge on any atom is -0.497 e. The lowest BCUT2D eigenvalue weighted by atomic mass is 10.1. The number of anilines is 1. The lowest BCUT2D eigenvalue weighted by molar-refractivity contribution is -0.113. The van der Waals surface area contributed by atoms with Gasteiger partial charge in [0.1, 0.15) is 11.4 Å². The molecule has 0 saturated heterocycles. The number of Topliss-reactive ketones (excluding diaryl/α,β-unsaturated/α-hetero) is 1. The lowest BCUT2D eigenvalue weighted by Gasteiger charge is -2.12. The average Bonchev–Trinajstić information content (AvgIpc) is 2.96. The molecule has 0 unspecified atom stereocenters. The first-order valence-electron chi connectivity index (χ1n) is 12.0. The number of rotatable bonds is 10. The second-order valence-corrected chi connectivity index (χ2v) is 10.3. The van der Waals surface area contributed by atoms with Gasteiger partial charge in [-0.3, -0.25) is 14.4 Å². The van der Waals surface area contributed by atoms with Gasteiger partial charge in [-0.05, 0) is 72.3 Å². The van der Waals surface area contributed by atoms with Crippen LogP contribution in [-0.4, -0.2) is 30.5 Å². The fraction of sp³-hybridized carbons (Fsp3) is 0.0645. The number of amides is 2. The first-order chi connectivity index (χ1) is 18.9. The summed E-state index contributed by atoms with van der Waals surface area (Å²) >= 11 is 4.84. The molecule has 0 aliphatic carbocycles. The fourth-order valence-electron chi connectivity index (χ4n) is 3.57. The highest BCUT2D eigenvalue weighted by Crippen LogP contribution is 2.23. The van der Waals surface area contributed by atoms with Gasteiger partial charge in [-0.25, -0.2) is 0 Å². The van der Waals surface area contributed by atoms with E-state index in [0.717, 1.165) is 14.9 Å². The highest BCUT2D eigenvalue weighted by atomic mass is 79.9. The van der Waals surface area contributed by atoms with E-state index in [1.54, 1.807) is 73.8 Å². The van der Waals surface area contributed by atoms with E-state index in [-0.39, 0.29) is 23.1 Å². The van der Waals surface area contributed by atoms with Crippen molar-refractivity contribution in [1.82, 2.24) is 5.32 Å². The van der Waals surface area contributed by atoms with E-state index < -0.39 is 5.91 Å². The van der Waals surface area contributed by atoms with Gasteiger partial charge in [0.15, 0.2) is 5.78 Å². The number of benzene rings is 4. The van der Waals surface area contributed by atoms with Gasteiger partial charge in [-0.15, -0.1) is 11.8 Å². The quantitative estimate of drug-likeness (QED) is 0.118. The summed E-state index contributed by atoms with van der Waals surface area (Å²) in [6.07, 6.45) is 1.62. The molecule has 0 heterocycles. The molecule has 0 atom stereocenters. The number of hydrogen-bond donors (Lipinski definition) is 2. The number of carbonyl (C=O) groups excluding carboxylic acids is 3. The van der Waals surface area contributed by atoms with Gasteiger partial charge in [-0.1, -0.05) is 58.4 Å². The topological polar surface area (TPSA) is 84.5 Å². The summed E-state index contributed by atoms with van der Waals surface area (Å²) in [6, 6.07) is 30.4. The second-order valence-electron chi connectivity index (χ2n) is 8.36. The molecule has 0 bridgehead atoms. The summed E-state index contributed by atoms with van der Waals surface area (Å²) in [5.41, 5.74) is 2.43. The summed E-state index contributed by atoms with van der Waals surface area (Å²) in [4.78, 5) is 39.5. The molecule has 196 valence electrons. The summed E-state index contributed by atoms with van der Waals surface area (Å²) in [7, 11) is 1.56. The number of hydrogen-bond acceptors (Lipinski definition) is 5. The smallest absolute Gasteiger partial charge is 0.272 e. The minimum atomic E-state index is -0.465. The van der Waals surface area contributed by atoms with Gasteiger partial charge in [-0.2, -0.15) is 0 Å². The Hall–Kier alpha value is -4.14. The molecule has 0 saturated carbocycles. The third-order valence-electron chi connectivity index (χ3n) is 5.56. The van der Waals surface area contributed by atoms with Crippen LogP contribution in [0.2, 0.25) is 0 Å². The molecule has 0 aliphatic heterocycles. The van der Waals surface area contributed by atoms with E-state index in [2.05, 4.69) is 26.6 Å². The first-order valence-corrected chi connectivity index (χ1v) is 13.7. The van der Waals surface area contributed by atoms with Crippen molar-refractivity contribution >= 4 is 57.1 Å². The highest BCUT2D eigenvalue weighted by molar-refractivity contribution is 9.10. The van der Waals surface area contributed by atoms with E-state index in [1.165, 1.54) is 11.8 Å². The standard InChI is InChI=1S/C31H25BrN2O4S/c1-38-26-12-6-10-23(19-26)29(35)20-39-27-15-13-25(14-16-27)33-31(37)28(18-21-7-5-11-24(32)17-21)34-30(36)22-8-3-2-4-9-22/h2-19H,20H2,1H3,(H,33,37)(H,34,36)/b28-18-. The van der Waals surface area contributed by atoms with Crippen LogP contribution in [0.15, 0.2) is 118 Å². The van der Waals surface area contributed by atoms with E-state index in [9.17, 15) is 14.4 Å². The molecular formula is C31H25BrN2O4S. The van der Waals surface area contributed by atoms with Crippen molar-refractivity contribution in [3.05, 3.63) is 130 Å². The summed E-state index contributed by atoms with van der Waals surface area (Å²) in [5, 5.41) is 5.57. The van der Waals surface area contributed by atoms with Crippen LogP contribution in [0, 0.1) is 0 Å². The van der Waals surface area contributed by atoms with Crippen molar-refractivity contribution < 1.29 is 19.1 Å². The molecule has 39 heavy (non-hydrogen) atoms. The number of halogens is 1. The molecule has 8 heteroatoms. The predicted octanol–water partition coefficient (Wildman–Crippen LogP) is 6.84. The van der Waals surface area contributed by atoms with Crippen LogP contribution in [0.1, 0.15) is 26.3 Å². The van der Waals surface area contributed by atoms with Crippen molar-refractivity contribution in [2.45, 2.75) is 4.90 Å². The molecule has 2 N–H and O–H groups in total.